The van der Waals surface area contributed by atoms with Gasteiger partial charge in [0.1, 0.15) is 11.6 Å². The van der Waals surface area contributed by atoms with Crippen LogP contribution in [0, 0.1) is 5.82 Å². The molecule has 1 N–H and O–H groups in total. The molecule has 5 nitrogen and oxygen atoms in total. The first kappa shape index (κ1) is 19.6. The van der Waals surface area contributed by atoms with Crippen molar-refractivity contribution in [2.24, 2.45) is 0 Å². The molecule has 2 amide bonds. The zero-order valence-electron chi connectivity index (χ0n) is 16.5. The molecule has 0 aliphatic carbocycles. The van der Waals surface area contributed by atoms with E-state index in [1.165, 1.54) is 12.1 Å². The summed E-state index contributed by atoms with van der Waals surface area (Å²) >= 11 is 0. The lowest BCUT2D eigenvalue weighted by Gasteiger charge is -2.30. The fourth-order valence-electron chi connectivity index (χ4n) is 3.63. The number of nitrogens with one attached hydrogen (secondary N) is 1. The van der Waals surface area contributed by atoms with Crippen molar-refractivity contribution in [3.8, 4) is 5.75 Å². The molecule has 1 aliphatic heterocycles. The van der Waals surface area contributed by atoms with Gasteiger partial charge in [-0.1, -0.05) is 18.2 Å². The molecule has 1 heterocycles. The Morgan fingerprint density at radius 1 is 1.03 bits per heavy atom. The summed E-state index contributed by atoms with van der Waals surface area (Å²) in [6.45, 7) is 0.509. The monoisotopic (exact) mass is 404 g/mol. The number of rotatable bonds is 4. The standard InChI is InChI=1S/C24H21FN2O3/c1-30-19-8-4-7-18(15-19)26-23(28)17-11-12-22-16(14-17)6-5-13-27(22)24(29)20-9-2-3-10-21(20)25/h2-4,7-12,14-15H,5-6,13H2,1H3,(H,26,28). The Hall–Kier alpha value is -3.67. The molecular formula is C24H21FN2O3. The highest BCUT2D eigenvalue weighted by Crippen LogP contribution is 2.30. The first-order valence-corrected chi connectivity index (χ1v) is 9.71. The predicted molar refractivity (Wildman–Crippen MR) is 114 cm³/mol. The molecule has 30 heavy (non-hydrogen) atoms. The van der Waals surface area contributed by atoms with Gasteiger partial charge < -0.3 is 15.0 Å². The van der Waals surface area contributed by atoms with Crippen LogP contribution in [0.4, 0.5) is 15.8 Å². The molecule has 152 valence electrons. The molecule has 0 atom stereocenters. The maximum atomic E-state index is 14.1. The number of hydrogen-bond acceptors (Lipinski definition) is 3. The van der Waals surface area contributed by atoms with Gasteiger partial charge in [-0.05, 0) is 60.9 Å². The quantitative estimate of drug-likeness (QED) is 0.687. The summed E-state index contributed by atoms with van der Waals surface area (Å²) in [4.78, 5) is 27.2. The number of fused-ring (bicyclic) bond motifs is 1. The molecule has 0 unspecified atom stereocenters. The predicted octanol–water partition coefficient (Wildman–Crippen LogP) is 4.68. The minimum absolute atomic E-state index is 0.0465. The number of carbonyl (C=O) groups is 2. The van der Waals surface area contributed by atoms with E-state index >= 15 is 0 Å². The van der Waals surface area contributed by atoms with Crippen molar-refractivity contribution in [3.63, 3.8) is 0 Å². The molecule has 0 spiro atoms. The lowest BCUT2D eigenvalue weighted by molar-refractivity contribution is 0.0980. The van der Waals surface area contributed by atoms with Gasteiger partial charge >= 0.3 is 0 Å². The second-order valence-electron chi connectivity index (χ2n) is 7.07. The zero-order valence-corrected chi connectivity index (χ0v) is 16.5. The first-order valence-electron chi connectivity index (χ1n) is 9.71. The Bertz CT molecular complexity index is 1110. The van der Waals surface area contributed by atoms with Gasteiger partial charge in [0.2, 0.25) is 0 Å². The molecule has 6 heteroatoms. The summed E-state index contributed by atoms with van der Waals surface area (Å²) in [5.74, 6) is -0.504. The van der Waals surface area contributed by atoms with Gasteiger partial charge in [-0.15, -0.1) is 0 Å². The molecule has 3 aromatic carbocycles. The number of halogens is 1. The van der Waals surface area contributed by atoms with Crippen LogP contribution in [0.25, 0.3) is 0 Å². The number of anilines is 2. The zero-order chi connectivity index (χ0) is 21.1. The molecule has 1 aliphatic rings. The smallest absolute Gasteiger partial charge is 0.261 e. The number of carbonyl (C=O) groups excluding carboxylic acids is 2. The van der Waals surface area contributed by atoms with Gasteiger partial charge in [-0.2, -0.15) is 0 Å². The van der Waals surface area contributed by atoms with Crippen LogP contribution in [0.2, 0.25) is 0 Å². The van der Waals surface area contributed by atoms with E-state index < -0.39 is 5.82 Å². The van der Waals surface area contributed by atoms with Gasteiger partial charge in [-0.25, -0.2) is 4.39 Å². The van der Waals surface area contributed by atoms with Gasteiger partial charge in [0.25, 0.3) is 11.8 Å². The van der Waals surface area contributed by atoms with E-state index in [9.17, 15) is 14.0 Å². The van der Waals surface area contributed by atoms with Crippen molar-refractivity contribution in [3.05, 3.63) is 89.2 Å². The number of benzene rings is 3. The van der Waals surface area contributed by atoms with Crippen molar-refractivity contribution in [2.45, 2.75) is 12.8 Å². The summed E-state index contributed by atoms with van der Waals surface area (Å²) in [6.07, 6.45) is 1.49. The van der Waals surface area contributed by atoms with Crippen molar-refractivity contribution in [1.82, 2.24) is 0 Å². The summed E-state index contributed by atoms with van der Waals surface area (Å²) in [5, 5.41) is 2.86. The number of ether oxygens (including phenoxy) is 1. The second-order valence-corrected chi connectivity index (χ2v) is 7.07. The van der Waals surface area contributed by atoms with E-state index in [4.69, 9.17) is 4.74 Å². The van der Waals surface area contributed by atoms with Crippen LogP contribution in [0.3, 0.4) is 0 Å². The Kier molecular flexibility index (Phi) is 5.48. The molecule has 0 radical (unpaired) electrons. The number of nitrogens with zero attached hydrogens (tertiary/aromatic N) is 1. The Balaban J connectivity index is 1.58. The van der Waals surface area contributed by atoms with Gasteiger partial charge in [0, 0.05) is 29.5 Å². The van der Waals surface area contributed by atoms with Crippen LogP contribution in [0.15, 0.2) is 66.7 Å². The van der Waals surface area contributed by atoms with Gasteiger partial charge in [0.05, 0.1) is 12.7 Å². The average molecular weight is 404 g/mol. The average Bonchev–Trinajstić information content (AvgIpc) is 2.78. The highest BCUT2D eigenvalue weighted by Gasteiger charge is 2.26. The molecule has 4 rings (SSSR count). The Morgan fingerprint density at radius 3 is 2.67 bits per heavy atom. The van der Waals surface area contributed by atoms with Crippen molar-refractivity contribution < 1.29 is 18.7 Å². The largest absolute Gasteiger partial charge is 0.497 e. The van der Waals surface area contributed by atoms with E-state index in [0.717, 1.165) is 18.4 Å². The summed E-state index contributed by atoms with van der Waals surface area (Å²) in [5.41, 5.74) is 2.78. The summed E-state index contributed by atoms with van der Waals surface area (Å²) in [6, 6.07) is 18.3. The number of methoxy groups -OCH3 is 1. The van der Waals surface area contributed by atoms with Crippen molar-refractivity contribution in [2.75, 3.05) is 23.9 Å². The number of aryl methyl sites for hydroxylation is 1. The molecule has 3 aromatic rings. The Morgan fingerprint density at radius 2 is 1.87 bits per heavy atom. The first-order chi connectivity index (χ1) is 14.6. The lowest BCUT2D eigenvalue weighted by Crippen LogP contribution is -2.36. The van der Waals surface area contributed by atoms with E-state index in [1.807, 2.05) is 0 Å². The van der Waals surface area contributed by atoms with Crippen LogP contribution < -0.4 is 15.0 Å². The third-order valence-electron chi connectivity index (χ3n) is 5.14. The minimum Gasteiger partial charge on any atom is -0.497 e. The van der Waals surface area contributed by atoms with Crippen LogP contribution >= 0.6 is 0 Å². The topological polar surface area (TPSA) is 58.6 Å². The Labute approximate surface area is 174 Å². The fraction of sp³-hybridized carbons (Fsp3) is 0.167. The third kappa shape index (κ3) is 3.89. The molecule has 0 saturated heterocycles. The lowest BCUT2D eigenvalue weighted by atomic mass is 9.98. The van der Waals surface area contributed by atoms with E-state index in [1.54, 1.807) is 66.6 Å². The summed E-state index contributed by atoms with van der Waals surface area (Å²) in [7, 11) is 1.57. The number of amides is 2. The minimum atomic E-state index is -0.538. The van der Waals surface area contributed by atoms with E-state index in [-0.39, 0.29) is 17.4 Å². The molecule has 0 aromatic heterocycles. The molecule has 0 saturated carbocycles. The van der Waals surface area contributed by atoms with Gasteiger partial charge in [-0.3, -0.25) is 9.59 Å². The maximum Gasteiger partial charge on any atom is 0.261 e. The molecule has 0 fully saturated rings. The van der Waals surface area contributed by atoms with Crippen LogP contribution in [-0.2, 0) is 6.42 Å². The van der Waals surface area contributed by atoms with Crippen LogP contribution in [0.5, 0.6) is 5.75 Å². The van der Waals surface area contributed by atoms with E-state index in [0.29, 0.717) is 29.2 Å². The van der Waals surface area contributed by atoms with E-state index in [2.05, 4.69) is 5.32 Å². The highest BCUT2D eigenvalue weighted by atomic mass is 19.1. The third-order valence-corrected chi connectivity index (χ3v) is 5.14. The second kappa shape index (κ2) is 8.37. The fourth-order valence-corrected chi connectivity index (χ4v) is 3.63. The number of hydrogen-bond donors (Lipinski definition) is 1. The van der Waals surface area contributed by atoms with Gasteiger partial charge in [0.15, 0.2) is 0 Å². The highest BCUT2D eigenvalue weighted by molar-refractivity contribution is 6.08. The van der Waals surface area contributed by atoms with Crippen LogP contribution in [0.1, 0.15) is 32.7 Å². The SMILES string of the molecule is COc1cccc(NC(=O)c2ccc3c(c2)CCCN3C(=O)c2ccccc2F)c1. The van der Waals surface area contributed by atoms with Crippen molar-refractivity contribution >= 4 is 23.2 Å². The maximum absolute atomic E-state index is 14.1. The van der Waals surface area contributed by atoms with Crippen molar-refractivity contribution in [1.29, 1.82) is 0 Å². The molecule has 0 bridgehead atoms. The molecular weight excluding hydrogens is 383 g/mol. The van der Waals surface area contributed by atoms with Crippen LogP contribution in [-0.4, -0.2) is 25.5 Å². The summed E-state index contributed by atoms with van der Waals surface area (Å²) < 4.78 is 19.3. The normalized spacial score (nSPS) is 12.8.